The van der Waals surface area contributed by atoms with E-state index in [1.165, 1.54) is 5.56 Å². The highest BCUT2D eigenvalue weighted by atomic mass is 79.9. The molecule has 5 rings (SSSR count). The predicted octanol–water partition coefficient (Wildman–Crippen LogP) is 5.20. The van der Waals surface area contributed by atoms with Crippen molar-refractivity contribution < 1.29 is 13.2 Å². The van der Waals surface area contributed by atoms with Gasteiger partial charge in [-0.2, -0.15) is 0 Å². The Bertz CT molecular complexity index is 1420. The number of benzene rings is 3. The van der Waals surface area contributed by atoms with Gasteiger partial charge in [-0.15, -0.1) is 0 Å². The Morgan fingerprint density at radius 3 is 2.50 bits per heavy atom. The van der Waals surface area contributed by atoms with Crippen molar-refractivity contribution in [2.24, 2.45) is 0 Å². The highest BCUT2D eigenvalue weighted by molar-refractivity contribution is 9.10. The van der Waals surface area contributed by atoms with Gasteiger partial charge in [0.25, 0.3) is 5.91 Å². The molecule has 1 atom stereocenters. The number of nitrogens with zero attached hydrogens (tertiary/aromatic N) is 2. The second-order valence-corrected chi connectivity index (χ2v) is 12.3. The number of likely N-dealkylation sites (N-methyl/N-ethyl adjacent to an activating group) is 1. The predicted molar refractivity (Wildman–Crippen MR) is 155 cm³/mol. The normalized spacial score (nSPS) is 18.2. The Morgan fingerprint density at radius 2 is 1.74 bits per heavy atom. The SMILES string of the molecule is CCN1CCN(c2ccc(NC(=O)c3ccccc3Br)cc2S(=O)(=O)N[C@@H]2CCCc3ccccc32)CC1. The van der Waals surface area contributed by atoms with Gasteiger partial charge in [-0.1, -0.05) is 43.3 Å². The lowest BCUT2D eigenvalue weighted by molar-refractivity contribution is 0.102. The molecule has 1 aliphatic heterocycles. The summed E-state index contributed by atoms with van der Waals surface area (Å²) in [7, 11) is -3.90. The van der Waals surface area contributed by atoms with Crippen LogP contribution in [-0.2, 0) is 16.4 Å². The Morgan fingerprint density at radius 1 is 1.00 bits per heavy atom. The second-order valence-electron chi connectivity index (χ2n) is 9.80. The van der Waals surface area contributed by atoms with Crippen molar-refractivity contribution in [2.45, 2.75) is 37.1 Å². The van der Waals surface area contributed by atoms with Gasteiger partial charge >= 0.3 is 0 Å². The summed E-state index contributed by atoms with van der Waals surface area (Å²) in [5.74, 6) is -0.306. The molecule has 3 aromatic rings. The number of piperazine rings is 1. The second kappa shape index (κ2) is 11.6. The molecule has 0 aromatic heterocycles. The molecule has 7 nitrogen and oxygen atoms in total. The minimum atomic E-state index is -3.90. The van der Waals surface area contributed by atoms with E-state index in [0.717, 1.165) is 57.5 Å². The van der Waals surface area contributed by atoms with Crippen LogP contribution in [0.15, 0.2) is 76.1 Å². The highest BCUT2D eigenvalue weighted by Crippen LogP contribution is 2.34. The molecular weight excluding hydrogens is 564 g/mol. The van der Waals surface area contributed by atoms with E-state index in [1.54, 1.807) is 30.3 Å². The van der Waals surface area contributed by atoms with Gasteiger partial charge in [0.15, 0.2) is 0 Å². The molecule has 3 aromatic carbocycles. The number of fused-ring (bicyclic) bond motifs is 1. The molecule has 200 valence electrons. The lowest BCUT2D eigenvalue weighted by atomic mass is 9.88. The number of carbonyl (C=O) groups is 1. The Labute approximate surface area is 233 Å². The molecule has 2 aliphatic rings. The number of rotatable bonds is 7. The summed E-state index contributed by atoms with van der Waals surface area (Å²) in [6.07, 6.45) is 2.63. The molecule has 1 saturated heterocycles. The number of anilines is 2. The van der Waals surface area contributed by atoms with Crippen molar-refractivity contribution in [3.05, 3.63) is 87.9 Å². The molecule has 2 N–H and O–H groups in total. The van der Waals surface area contributed by atoms with Crippen molar-refractivity contribution in [1.82, 2.24) is 9.62 Å². The van der Waals surface area contributed by atoms with E-state index in [-0.39, 0.29) is 16.8 Å². The lowest BCUT2D eigenvalue weighted by Crippen LogP contribution is -2.46. The number of aryl methyl sites for hydroxylation is 1. The van der Waals surface area contributed by atoms with Gasteiger partial charge in [-0.3, -0.25) is 4.79 Å². The van der Waals surface area contributed by atoms with Crippen LogP contribution < -0.4 is 14.9 Å². The number of carbonyl (C=O) groups excluding carboxylic acids is 1. The molecule has 0 spiro atoms. The van der Waals surface area contributed by atoms with Crippen LogP contribution in [0, 0.1) is 0 Å². The monoisotopic (exact) mass is 596 g/mol. The van der Waals surface area contributed by atoms with Crippen LogP contribution in [0.4, 0.5) is 11.4 Å². The maximum atomic E-state index is 14.0. The molecule has 1 fully saturated rings. The first-order valence-electron chi connectivity index (χ1n) is 13.1. The Kier molecular flexibility index (Phi) is 8.18. The summed E-state index contributed by atoms with van der Waals surface area (Å²) < 4.78 is 31.7. The average Bonchev–Trinajstić information content (AvgIpc) is 2.93. The van der Waals surface area contributed by atoms with Crippen LogP contribution in [-0.4, -0.2) is 51.9 Å². The van der Waals surface area contributed by atoms with Crippen LogP contribution in [0.25, 0.3) is 0 Å². The van der Waals surface area contributed by atoms with Crippen LogP contribution in [0.5, 0.6) is 0 Å². The fourth-order valence-electron chi connectivity index (χ4n) is 5.34. The van der Waals surface area contributed by atoms with Crippen LogP contribution >= 0.6 is 15.9 Å². The number of amides is 1. The summed E-state index contributed by atoms with van der Waals surface area (Å²) in [4.78, 5) is 17.7. The van der Waals surface area contributed by atoms with E-state index in [0.29, 0.717) is 21.4 Å². The first-order valence-corrected chi connectivity index (χ1v) is 15.4. The molecule has 0 unspecified atom stereocenters. The van der Waals surface area contributed by atoms with Gasteiger partial charge < -0.3 is 15.1 Å². The fourth-order valence-corrected chi connectivity index (χ4v) is 7.31. The van der Waals surface area contributed by atoms with Crippen LogP contribution in [0.3, 0.4) is 0 Å². The van der Waals surface area contributed by atoms with Crippen molar-refractivity contribution in [3.63, 3.8) is 0 Å². The third kappa shape index (κ3) is 5.81. The molecule has 38 heavy (non-hydrogen) atoms. The summed E-state index contributed by atoms with van der Waals surface area (Å²) in [6, 6.07) is 20.1. The van der Waals surface area contributed by atoms with Crippen LogP contribution in [0.1, 0.15) is 47.3 Å². The molecule has 1 amide bonds. The van der Waals surface area contributed by atoms with Crippen LogP contribution in [0.2, 0.25) is 0 Å². The third-order valence-electron chi connectivity index (χ3n) is 7.45. The summed E-state index contributed by atoms with van der Waals surface area (Å²) in [5, 5.41) is 2.89. The van der Waals surface area contributed by atoms with Crippen molar-refractivity contribution in [3.8, 4) is 0 Å². The van der Waals surface area contributed by atoms with Gasteiger partial charge in [0, 0.05) is 42.4 Å². The number of hydrogen-bond donors (Lipinski definition) is 2. The Hall–Kier alpha value is -2.72. The number of halogens is 1. The highest BCUT2D eigenvalue weighted by Gasteiger charge is 2.30. The zero-order valence-corrected chi connectivity index (χ0v) is 23.9. The van der Waals surface area contributed by atoms with E-state index in [9.17, 15) is 13.2 Å². The topological polar surface area (TPSA) is 81.8 Å². The van der Waals surface area contributed by atoms with E-state index in [2.05, 4.69) is 48.8 Å². The van der Waals surface area contributed by atoms with E-state index in [4.69, 9.17) is 0 Å². The minimum Gasteiger partial charge on any atom is -0.368 e. The van der Waals surface area contributed by atoms with Gasteiger partial charge in [-0.25, -0.2) is 13.1 Å². The van der Waals surface area contributed by atoms with Crippen molar-refractivity contribution >= 4 is 43.2 Å². The number of sulfonamides is 1. The van der Waals surface area contributed by atoms with E-state index >= 15 is 0 Å². The molecule has 0 saturated carbocycles. The third-order valence-corrected chi connectivity index (χ3v) is 9.65. The van der Waals surface area contributed by atoms with E-state index in [1.807, 2.05) is 30.3 Å². The summed E-state index contributed by atoms with van der Waals surface area (Å²) >= 11 is 3.42. The molecule has 1 aliphatic carbocycles. The van der Waals surface area contributed by atoms with Gasteiger partial charge in [-0.05, 0) is 83.2 Å². The summed E-state index contributed by atoms with van der Waals surface area (Å²) in [6.45, 7) is 6.35. The first-order chi connectivity index (χ1) is 18.4. The molecule has 0 radical (unpaired) electrons. The largest absolute Gasteiger partial charge is 0.368 e. The van der Waals surface area contributed by atoms with Gasteiger partial charge in [0.1, 0.15) is 4.90 Å². The Balaban J connectivity index is 1.48. The minimum absolute atomic E-state index is 0.190. The lowest BCUT2D eigenvalue weighted by Gasteiger charge is -2.36. The number of nitrogens with one attached hydrogen (secondary N) is 2. The average molecular weight is 598 g/mol. The van der Waals surface area contributed by atoms with Crippen molar-refractivity contribution in [2.75, 3.05) is 42.9 Å². The quantitative estimate of drug-likeness (QED) is 0.392. The maximum absolute atomic E-state index is 14.0. The van der Waals surface area contributed by atoms with Crippen molar-refractivity contribution in [1.29, 1.82) is 0 Å². The standard InChI is InChI=1S/C29H33BrN4O3S/c1-2-33-16-18-34(19-17-33)27-15-14-22(31-29(35)24-11-5-6-12-25(24)30)20-28(27)38(36,37)32-26-13-7-9-21-8-3-4-10-23(21)26/h3-6,8,10-12,14-15,20,26,32H,2,7,9,13,16-19H2,1H3,(H,31,35)/t26-/m1/s1. The zero-order chi connectivity index (χ0) is 26.7. The van der Waals surface area contributed by atoms with Gasteiger partial charge in [0.05, 0.1) is 11.3 Å². The molecule has 9 heteroatoms. The molecular formula is C29H33BrN4O3S. The number of hydrogen-bond acceptors (Lipinski definition) is 5. The fraction of sp³-hybridized carbons (Fsp3) is 0.345. The van der Waals surface area contributed by atoms with E-state index < -0.39 is 10.0 Å². The molecule has 1 heterocycles. The zero-order valence-electron chi connectivity index (χ0n) is 21.5. The molecule has 0 bridgehead atoms. The summed E-state index contributed by atoms with van der Waals surface area (Å²) in [5.41, 5.74) is 3.81. The van der Waals surface area contributed by atoms with Gasteiger partial charge in [0.2, 0.25) is 10.0 Å². The maximum Gasteiger partial charge on any atom is 0.256 e. The first kappa shape index (κ1) is 26.9. The smallest absolute Gasteiger partial charge is 0.256 e.